The van der Waals surface area contributed by atoms with E-state index in [2.05, 4.69) is 16.3 Å². The fourth-order valence-electron chi connectivity index (χ4n) is 4.45. The first-order valence-electron chi connectivity index (χ1n) is 10.1. The Morgan fingerprint density at radius 3 is 2.54 bits per heavy atom. The fraction of sp³-hybridized carbons (Fsp3) is 0.667. The van der Waals surface area contributed by atoms with Crippen LogP contribution in [0.3, 0.4) is 0 Å². The number of amides is 1. The molecule has 160 valence electrons. The number of benzene rings is 1. The van der Waals surface area contributed by atoms with Crippen molar-refractivity contribution >= 4 is 30.7 Å². The zero-order chi connectivity index (χ0) is 18.4. The Morgan fingerprint density at radius 1 is 1.18 bits per heavy atom. The van der Waals surface area contributed by atoms with Gasteiger partial charge in [-0.1, -0.05) is 31.0 Å². The molecule has 1 unspecified atom stereocenters. The van der Waals surface area contributed by atoms with Crippen LogP contribution in [0, 0.1) is 5.92 Å². The van der Waals surface area contributed by atoms with Crippen molar-refractivity contribution in [2.45, 2.75) is 57.0 Å². The number of carbonyl (C=O) groups is 1. The number of rotatable bonds is 7. The van der Waals surface area contributed by atoms with Crippen LogP contribution >= 0.6 is 24.8 Å². The van der Waals surface area contributed by atoms with Crippen LogP contribution in [0.15, 0.2) is 24.3 Å². The van der Waals surface area contributed by atoms with E-state index in [-0.39, 0.29) is 42.8 Å². The molecule has 2 aliphatic rings. The third-order valence-corrected chi connectivity index (χ3v) is 5.99. The maximum atomic E-state index is 12.5. The van der Waals surface area contributed by atoms with Crippen molar-refractivity contribution in [1.29, 1.82) is 0 Å². The summed E-state index contributed by atoms with van der Waals surface area (Å²) in [5, 5.41) is 3.19. The van der Waals surface area contributed by atoms with Gasteiger partial charge in [0.2, 0.25) is 5.91 Å². The molecule has 0 spiro atoms. The first-order valence-corrected chi connectivity index (χ1v) is 10.1. The number of halogens is 2. The quantitative estimate of drug-likeness (QED) is 0.690. The van der Waals surface area contributed by atoms with Crippen LogP contribution in [0.1, 0.15) is 56.6 Å². The standard InChI is InChI=1S/C21H33N3O2.2ClH/c1-26-20-11-4-3-9-17(20)19(24-12-5-2-6-13-24)15-23-21(25)14-16-8-7-10-18(16)22;;/h3-4,9,11,16,18-19H,2,5-8,10,12-15,22H2,1H3,(H,23,25);2*1H/t16-,18+,19?;;/m0../s1. The van der Waals surface area contributed by atoms with E-state index in [0.29, 0.717) is 18.9 Å². The summed E-state index contributed by atoms with van der Waals surface area (Å²) >= 11 is 0. The van der Waals surface area contributed by atoms with E-state index in [9.17, 15) is 4.79 Å². The average Bonchev–Trinajstić information content (AvgIpc) is 3.07. The van der Waals surface area contributed by atoms with Gasteiger partial charge in [0.15, 0.2) is 0 Å². The topological polar surface area (TPSA) is 67.6 Å². The van der Waals surface area contributed by atoms with Gasteiger partial charge in [-0.3, -0.25) is 9.69 Å². The molecule has 1 aliphatic heterocycles. The number of para-hydroxylation sites is 1. The fourth-order valence-corrected chi connectivity index (χ4v) is 4.45. The van der Waals surface area contributed by atoms with Crippen molar-refractivity contribution in [2.24, 2.45) is 11.7 Å². The summed E-state index contributed by atoms with van der Waals surface area (Å²) in [5.74, 6) is 1.37. The highest BCUT2D eigenvalue weighted by molar-refractivity contribution is 5.85. The highest BCUT2D eigenvalue weighted by Crippen LogP contribution is 2.31. The van der Waals surface area contributed by atoms with Crippen molar-refractivity contribution in [3.8, 4) is 5.75 Å². The van der Waals surface area contributed by atoms with Crippen LogP contribution < -0.4 is 15.8 Å². The molecule has 1 aromatic rings. The molecule has 0 bridgehead atoms. The van der Waals surface area contributed by atoms with Crippen molar-refractivity contribution in [1.82, 2.24) is 10.2 Å². The van der Waals surface area contributed by atoms with Crippen LogP contribution in [0.4, 0.5) is 0 Å². The van der Waals surface area contributed by atoms with Crippen molar-refractivity contribution < 1.29 is 9.53 Å². The van der Waals surface area contributed by atoms with Gasteiger partial charge >= 0.3 is 0 Å². The lowest BCUT2D eigenvalue weighted by Gasteiger charge is -2.35. The van der Waals surface area contributed by atoms with Gasteiger partial charge in [0.1, 0.15) is 5.75 Å². The summed E-state index contributed by atoms with van der Waals surface area (Å²) in [6.45, 7) is 2.78. The second-order valence-electron chi connectivity index (χ2n) is 7.72. The van der Waals surface area contributed by atoms with Gasteiger partial charge in [-0.05, 0) is 50.8 Å². The Kier molecular flexibility index (Phi) is 11.2. The number of methoxy groups -OCH3 is 1. The van der Waals surface area contributed by atoms with Gasteiger partial charge in [0.25, 0.3) is 0 Å². The Balaban J connectivity index is 0.00000196. The number of hydrogen-bond acceptors (Lipinski definition) is 4. The van der Waals surface area contributed by atoms with Gasteiger partial charge in [-0.25, -0.2) is 0 Å². The molecule has 0 aromatic heterocycles. The lowest BCUT2D eigenvalue weighted by molar-refractivity contribution is -0.122. The third kappa shape index (κ3) is 6.51. The van der Waals surface area contributed by atoms with E-state index in [1.54, 1.807) is 7.11 Å². The molecule has 7 heteroatoms. The number of hydrogen-bond donors (Lipinski definition) is 2. The van der Waals surface area contributed by atoms with Crippen molar-refractivity contribution in [3.63, 3.8) is 0 Å². The largest absolute Gasteiger partial charge is 0.496 e. The molecule has 28 heavy (non-hydrogen) atoms. The van der Waals surface area contributed by atoms with Crippen molar-refractivity contribution in [2.75, 3.05) is 26.7 Å². The minimum absolute atomic E-state index is 0. The normalized spacial score (nSPS) is 23.2. The van der Waals surface area contributed by atoms with Crippen LogP contribution in [0.25, 0.3) is 0 Å². The van der Waals surface area contributed by atoms with E-state index in [4.69, 9.17) is 10.5 Å². The molecule has 1 amide bonds. The Labute approximate surface area is 181 Å². The van der Waals surface area contributed by atoms with E-state index in [1.165, 1.54) is 19.3 Å². The van der Waals surface area contributed by atoms with Gasteiger partial charge in [0, 0.05) is 24.6 Å². The smallest absolute Gasteiger partial charge is 0.220 e. The van der Waals surface area contributed by atoms with Crippen LogP contribution in [0.5, 0.6) is 5.75 Å². The summed E-state index contributed by atoms with van der Waals surface area (Å²) < 4.78 is 5.59. The zero-order valence-electron chi connectivity index (χ0n) is 16.8. The predicted molar refractivity (Wildman–Crippen MR) is 119 cm³/mol. The number of nitrogens with one attached hydrogen (secondary N) is 1. The third-order valence-electron chi connectivity index (χ3n) is 5.99. The SMILES string of the molecule is COc1ccccc1C(CNC(=O)C[C@@H]1CCC[C@H]1N)N1CCCCC1.Cl.Cl. The second kappa shape index (κ2) is 12.5. The highest BCUT2D eigenvalue weighted by Gasteiger charge is 2.28. The Bertz CT molecular complexity index is 597. The number of carbonyl (C=O) groups excluding carboxylic acids is 1. The lowest BCUT2D eigenvalue weighted by atomic mass is 9.98. The maximum Gasteiger partial charge on any atom is 0.220 e. The van der Waals surface area contributed by atoms with Gasteiger partial charge in [0.05, 0.1) is 13.2 Å². The van der Waals surface area contributed by atoms with Gasteiger partial charge in [-0.2, -0.15) is 0 Å². The second-order valence-corrected chi connectivity index (χ2v) is 7.72. The van der Waals surface area contributed by atoms with Gasteiger partial charge < -0.3 is 15.8 Å². The number of piperidine rings is 1. The maximum absolute atomic E-state index is 12.5. The van der Waals surface area contributed by atoms with E-state index < -0.39 is 0 Å². The summed E-state index contributed by atoms with van der Waals surface area (Å²) in [4.78, 5) is 15.0. The molecule has 3 atom stereocenters. The summed E-state index contributed by atoms with van der Waals surface area (Å²) in [7, 11) is 1.71. The minimum Gasteiger partial charge on any atom is -0.496 e. The highest BCUT2D eigenvalue weighted by atomic mass is 35.5. The molecule has 0 radical (unpaired) electrons. The number of nitrogens with zero attached hydrogens (tertiary/aromatic N) is 1. The van der Waals surface area contributed by atoms with Crippen molar-refractivity contribution in [3.05, 3.63) is 29.8 Å². The van der Waals surface area contributed by atoms with E-state index in [0.717, 1.165) is 43.7 Å². The Hall–Kier alpha value is -1.01. The number of likely N-dealkylation sites (tertiary alicyclic amines) is 1. The number of ether oxygens (including phenoxy) is 1. The first-order chi connectivity index (χ1) is 12.7. The zero-order valence-corrected chi connectivity index (χ0v) is 18.4. The molecule has 1 aromatic carbocycles. The van der Waals surface area contributed by atoms with Gasteiger partial charge in [-0.15, -0.1) is 24.8 Å². The monoisotopic (exact) mass is 431 g/mol. The van der Waals surface area contributed by atoms with Crippen LogP contribution in [0.2, 0.25) is 0 Å². The van der Waals surface area contributed by atoms with E-state index >= 15 is 0 Å². The molecule has 1 aliphatic carbocycles. The van der Waals surface area contributed by atoms with Crippen LogP contribution in [-0.4, -0.2) is 43.6 Å². The predicted octanol–water partition coefficient (Wildman–Crippen LogP) is 3.70. The first kappa shape index (κ1) is 25.0. The molecule has 5 nitrogen and oxygen atoms in total. The molecule has 2 fully saturated rings. The molecule has 3 rings (SSSR count). The molecule has 1 saturated heterocycles. The summed E-state index contributed by atoms with van der Waals surface area (Å²) in [6.07, 6.45) is 7.57. The number of nitrogens with two attached hydrogens (primary N) is 1. The molecular weight excluding hydrogens is 397 g/mol. The summed E-state index contributed by atoms with van der Waals surface area (Å²) in [6, 6.07) is 8.52. The summed E-state index contributed by atoms with van der Waals surface area (Å²) in [5.41, 5.74) is 7.29. The minimum atomic E-state index is 0. The lowest BCUT2D eigenvalue weighted by Crippen LogP contribution is -2.41. The Morgan fingerprint density at radius 2 is 1.89 bits per heavy atom. The molecular formula is C21H35Cl2N3O2. The molecule has 1 heterocycles. The van der Waals surface area contributed by atoms with E-state index in [1.807, 2.05) is 18.2 Å². The molecule has 1 saturated carbocycles. The average molecular weight is 432 g/mol. The van der Waals surface area contributed by atoms with Crippen LogP contribution in [-0.2, 0) is 4.79 Å². The molecule has 3 N–H and O–H groups in total.